The third-order valence-electron chi connectivity index (χ3n) is 3.69. The number of hydrogen-bond acceptors (Lipinski definition) is 4. The van der Waals surface area contributed by atoms with E-state index in [1.165, 1.54) is 24.4 Å². The fourth-order valence-electron chi connectivity index (χ4n) is 2.27. The van der Waals surface area contributed by atoms with E-state index in [1.54, 1.807) is 18.2 Å². The highest BCUT2D eigenvalue weighted by molar-refractivity contribution is 5.98. The number of pyridine rings is 1. The van der Waals surface area contributed by atoms with Gasteiger partial charge in [0.05, 0.1) is 0 Å². The Bertz CT molecular complexity index is 747. The summed E-state index contributed by atoms with van der Waals surface area (Å²) in [6.07, 6.45) is 2.26. The van der Waals surface area contributed by atoms with Crippen LogP contribution in [0.5, 0.6) is 0 Å². The Morgan fingerprint density at radius 2 is 1.81 bits per heavy atom. The summed E-state index contributed by atoms with van der Waals surface area (Å²) in [6.45, 7) is 1.69. The molecule has 0 spiro atoms. The summed E-state index contributed by atoms with van der Waals surface area (Å²) >= 11 is 0. The second-order valence-corrected chi connectivity index (χ2v) is 6.15. The highest BCUT2D eigenvalue weighted by atomic mass is 19.1. The average molecular weight is 358 g/mol. The van der Waals surface area contributed by atoms with Crippen LogP contribution in [0.4, 0.5) is 4.39 Å². The first kappa shape index (κ1) is 19.5. The molecule has 0 atom stereocenters. The lowest BCUT2D eigenvalue weighted by atomic mass is 10.2. The zero-order valence-corrected chi connectivity index (χ0v) is 15.0. The third kappa shape index (κ3) is 6.25. The van der Waals surface area contributed by atoms with Crippen LogP contribution in [0.15, 0.2) is 42.6 Å². The monoisotopic (exact) mass is 358 g/mol. The van der Waals surface area contributed by atoms with Crippen molar-refractivity contribution >= 4 is 11.8 Å². The van der Waals surface area contributed by atoms with Gasteiger partial charge in [0.2, 0.25) is 0 Å². The Hall–Kier alpha value is -2.80. The number of carbonyl (C=O) groups excluding carboxylic acids is 2. The van der Waals surface area contributed by atoms with Gasteiger partial charge in [0, 0.05) is 24.8 Å². The minimum absolute atomic E-state index is 0.198. The van der Waals surface area contributed by atoms with Crippen LogP contribution in [0.2, 0.25) is 0 Å². The molecule has 1 heterocycles. The summed E-state index contributed by atoms with van der Waals surface area (Å²) in [5.74, 6) is -0.953. The van der Waals surface area contributed by atoms with Gasteiger partial charge in [-0.15, -0.1) is 0 Å². The molecule has 26 heavy (non-hydrogen) atoms. The SMILES string of the molecule is CN(C)CCCNC(=O)c1cc(C(=O)NCc2ccc(F)cc2)ccn1. The normalized spacial score (nSPS) is 10.6. The van der Waals surface area contributed by atoms with Crippen LogP contribution in [0.1, 0.15) is 32.8 Å². The van der Waals surface area contributed by atoms with Crippen molar-refractivity contribution in [3.63, 3.8) is 0 Å². The lowest BCUT2D eigenvalue weighted by molar-refractivity contribution is 0.0947. The first-order valence-electron chi connectivity index (χ1n) is 8.37. The van der Waals surface area contributed by atoms with Crippen molar-refractivity contribution in [2.24, 2.45) is 0 Å². The van der Waals surface area contributed by atoms with E-state index >= 15 is 0 Å². The molecule has 2 rings (SSSR count). The second kappa shape index (κ2) is 9.62. The number of rotatable bonds is 8. The van der Waals surface area contributed by atoms with E-state index in [0.29, 0.717) is 12.1 Å². The fraction of sp³-hybridized carbons (Fsp3) is 0.316. The highest BCUT2D eigenvalue weighted by Crippen LogP contribution is 2.05. The molecule has 6 nitrogen and oxygen atoms in total. The van der Waals surface area contributed by atoms with Crippen LogP contribution in [0.25, 0.3) is 0 Å². The van der Waals surface area contributed by atoms with E-state index in [4.69, 9.17) is 0 Å². The maximum Gasteiger partial charge on any atom is 0.269 e. The maximum absolute atomic E-state index is 12.9. The minimum atomic E-state index is -0.324. The van der Waals surface area contributed by atoms with Gasteiger partial charge in [-0.2, -0.15) is 0 Å². The van der Waals surface area contributed by atoms with Crippen molar-refractivity contribution < 1.29 is 14.0 Å². The van der Waals surface area contributed by atoms with Crippen molar-refractivity contribution in [2.45, 2.75) is 13.0 Å². The van der Waals surface area contributed by atoms with Crippen LogP contribution in [-0.4, -0.2) is 48.9 Å². The lowest BCUT2D eigenvalue weighted by Crippen LogP contribution is -2.28. The minimum Gasteiger partial charge on any atom is -0.351 e. The van der Waals surface area contributed by atoms with Crippen LogP contribution < -0.4 is 10.6 Å². The molecule has 2 amide bonds. The summed E-state index contributed by atoms with van der Waals surface area (Å²) in [4.78, 5) is 30.4. The standard InChI is InChI=1S/C19H23FN4O2/c1-24(2)11-3-9-22-19(26)17-12-15(8-10-21-17)18(25)23-13-14-4-6-16(20)7-5-14/h4-8,10,12H,3,9,11,13H2,1-2H3,(H,22,26)(H,23,25). The van der Waals surface area contributed by atoms with Gasteiger partial charge >= 0.3 is 0 Å². The second-order valence-electron chi connectivity index (χ2n) is 6.15. The number of nitrogens with zero attached hydrogens (tertiary/aromatic N) is 2. The Balaban J connectivity index is 1.89. The number of amides is 2. The summed E-state index contributed by atoms with van der Waals surface area (Å²) in [5, 5.41) is 5.53. The molecular formula is C19H23FN4O2. The Kier molecular flexibility index (Phi) is 7.23. The van der Waals surface area contributed by atoms with E-state index in [0.717, 1.165) is 18.5 Å². The van der Waals surface area contributed by atoms with Crippen LogP contribution in [-0.2, 0) is 6.54 Å². The maximum atomic E-state index is 12.9. The molecule has 138 valence electrons. The lowest BCUT2D eigenvalue weighted by Gasteiger charge is -2.10. The first-order chi connectivity index (χ1) is 12.5. The van der Waals surface area contributed by atoms with Gasteiger partial charge < -0.3 is 15.5 Å². The molecule has 2 aromatic rings. The predicted molar refractivity (Wildman–Crippen MR) is 97.3 cm³/mol. The van der Waals surface area contributed by atoms with Crippen LogP contribution >= 0.6 is 0 Å². The molecule has 0 fully saturated rings. The van der Waals surface area contributed by atoms with Gasteiger partial charge in [0.15, 0.2) is 0 Å². The Morgan fingerprint density at radius 3 is 2.50 bits per heavy atom. The molecule has 0 aliphatic carbocycles. The van der Waals surface area contributed by atoms with Crippen LogP contribution in [0, 0.1) is 5.82 Å². The molecule has 0 saturated carbocycles. The zero-order valence-electron chi connectivity index (χ0n) is 15.0. The number of nitrogens with one attached hydrogen (secondary N) is 2. The highest BCUT2D eigenvalue weighted by Gasteiger charge is 2.11. The van der Waals surface area contributed by atoms with E-state index in [9.17, 15) is 14.0 Å². The number of aromatic nitrogens is 1. The molecule has 1 aromatic carbocycles. The van der Waals surface area contributed by atoms with E-state index < -0.39 is 0 Å². The predicted octanol–water partition coefficient (Wildman–Crippen LogP) is 1.83. The van der Waals surface area contributed by atoms with Crippen molar-refractivity contribution in [3.8, 4) is 0 Å². The molecule has 0 aliphatic heterocycles. The molecule has 7 heteroatoms. The van der Waals surface area contributed by atoms with Gasteiger partial charge in [0.1, 0.15) is 11.5 Å². The third-order valence-corrected chi connectivity index (χ3v) is 3.69. The van der Waals surface area contributed by atoms with Crippen molar-refractivity contribution in [1.82, 2.24) is 20.5 Å². The van der Waals surface area contributed by atoms with Crippen LogP contribution in [0.3, 0.4) is 0 Å². The summed E-state index contributed by atoms with van der Waals surface area (Å²) in [7, 11) is 3.94. The molecule has 0 aliphatic rings. The topological polar surface area (TPSA) is 74.3 Å². The van der Waals surface area contributed by atoms with Crippen molar-refractivity contribution in [2.75, 3.05) is 27.2 Å². The first-order valence-corrected chi connectivity index (χ1v) is 8.37. The Morgan fingerprint density at radius 1 is 1.08 bits per heavy atom. The van der Waals surface area contributed by atoms with E-state index in [1.807, 2.05) is 19.0 Å². The molecule has 0 saturated heterocycles. The van der Waals surface area contributed by atoms with Crippen molar-refractivity contribution in [1.29, 1.82) is 0 Å². The average Bonchev–Trinajstić information content (AvgIpc) is 2.64. The van der Waals surface area contributed by atoms with Gasteiger partial charge in [-0.25, -0.2) is 4.39 Å². The van der Waals surface area contributed by atoms with Gasteiger partial charge in [0.25, 0.3) is 11.8 Å². The van der Waals surface area contributed by atoms with E-state index in [-0.39, 0.29) is 29.9 Å². The summed E-state index contributed by atoms with van der Waals surface area (Å²) in [5.41, 5.74) is 1.33. The molecule has 0 radical (unpaired) electrons. The number of halogens is 1. The summed E-state index contributed by atoms with van der Waals surface area (Å²) in [6, 6.07) is 8.90. The Labute approximate surface area is 152 Å². The molecule has 0 bridgehead atoms. The van der Waals surface area contributed by atoms with E-state index in [2.05, 4.69) is 15.6 Å². The summed E-state index contributed by atoms with van der Waals surface area (Å²) < 4.78 is 12.9. The quantitative estimate of drug-likeness (QED) is 0.706. The smallest absolute Gasteiger partial charge is 0.269 e. The molecule has 1 aromatic heterocycles. The largest absolute Gasteiger partial charge is 0.351 e. The van der Waals surface area contributed by atoms with Crippen molar-refractivity contribution in [3.05, 3.63) is 65.2 Å². The zero-order chi connectivity index (χ0) is 18.9. The van der Waals surface area contributed by atoms with Gasteiger partial charge in [-0.3, -0.25) is 14.6 Å². The number of benzene rings is 1. The molecule has 2 N–H and O–H groups in total. The van der Waals surface area contributed by atoms with Gasteiger partial charge in [-0.1, -0.05) is 12.1 Å². The molecule has 0 unspecified atom stereocenters. The van der Waals surface area contributed by atoms with Gasteiger partial charge in [-0.05, 0) is 56.9 Å². The number of hydrogen-bond donors (Lipinski definition) is 2. The fourth-order valence-corrected chi connectivity index (χ4v) is 2.27. The molecular weight excluding hydrogens is 335 g/mol. The number of carbonyl (C=O) groups is 2.